The number of furan rings is 1. The molecule has 0 aliphatic heterocycles. The van der Waals surface area contributed by atoms with Crippen LogP contribution in [0.5, 0.6) is 0 Å². The van der Waals surface area contributed by atoms with Crippen molar-refractivity contribution in [1.82, 2.24) is 5.32 Å². The minimum absolute atomic E-state index is 0.174. The largest absolute Gasteiger partial charge is 0.463 e. The van der Waals surface area contributed by atoms with Crippen LogP contribution in [0.1, 0.15) is 34.6 Å². The zero-order valence-electron chi connectivity index (χ0n) is 15.9. The smallest absolute Gasteiger partial charge is 0.265 e. The predicted octanol–water partition coefficient (Wildman–Crippen LogP) is 3.76. The van der Waals surface area contributed by atoms with Crippen LogP contribution in [0.3, 0.4) is 0 Å². The van der Waals surface area contributed by atoms with Crippen molar-refractivity contribution in [2.24, 2.45) is 5.16 Å². The maximum atomic E-state index is 12.7. The summed E-state index contributed by atoms with van der Waals surface area (Å²) in [6.45, 7) is 1.60. The summed E-state index contributed by atoms with van der Waals surface area (Å²) in [7, 11) is 0. The Morgan fingerprint density at radius 3 is 2.59 bits per heavy atom. The van der Waals surface area contributed by atoms with Crippen LogP contribution in [-0.2, 0) is 9.63 Å². The van der Waals surface area contributed by atoms with E-state index < -0.39 is 5.91 Å². The van der Waals surface area contributed by atoms with Crippen LogP contribution in [0.4, 0.5) is 5.69 Å². The van der Waals surface area contributed by atoms with Gasteiger partial charge in [0.2, 0.25) is 0 Å². The minimum atomic E-state index is -0.432. The summed E-state index contributed by atoms with van der Waals surface area (Å²) in [5.74, 6) is -0.202. The lowest BCUT2D eigenvalue weighted by molar-refractivity contribution is -0.120. The second-order valence-corrected chi connectivity index (χ2v) is 6.22. The van der Waals surface area contributed by atoms with E-state index in [1.54, 1.807) is 36.4 Å². The molecule has 0 saturated carbocycles. The molecule has 1 unspecified atom stereocenters. The minimum Gasteiger partial charge on any atom is -0.463 e. The number of hydrogen-bond acceptors (Lipinski definition) is 5. The summed E-state index contributed by atoms with van der Waals surface area (Å²) in [6, 6.07) is 19.7. The van der Waals surface area contributed by atoms with Crippen molar-refractivity contribution in [2.75, 3.05) is 11.9 Å². The number of carbonyl (C=O) groups is 2. The van der Waals surface area contributed by atoms with Crippen LogP contribution >= 0.6 is 0 Å². The van der Waals surface area contributed by atoms with Crippen LogP contribution in [0, 0.1) is 0 Å². The van der Waals surface area contributed by atoms with Gasteiger partial charge in [-0.3, -0.25) is 9.59 Å². The number of nitrogens with one attached hydrogen (secondary N) is 2. The van der Waals surface area contributed by atoms with Gasteiger partial charge in [0.1, 0.15) is 12.0 Å². The van der Waals surface area contributed by atoms with Gasteiger partial charge >= 0.3 is 0 Å². The number of nitrogens with zero attached hydrogens (tertiary/aromatic N) is 1. The molecule has 1 atom stereocenters. The number of rotatable bonds is 8. The molecule has 0 aliphatic carbocycles. The summed E-state index contributed by atoms with van der Waals surface area (Å²) >= 11 is 0. The molecule has 2 amide bonds. The molecular formula is C22H21N3O4. The first-order chi connectivity index (χ1) is 14.1. The molecule has 2 aromatic carbocycles. The Bertz CT molecular complexity index is 969. The average molecular weight is 391 g/mol. The topological polar surface area (TPSA) is 92.9 Å². The molecule has 0 saturated heterocycles. The third-order valence-corrected chi connectivity index (χ3v) is 4.09. The Hall–Kier alpha value is -3.87. The third-order valence-electron chi connectivity index (χ3n) is 4.09. The maximum absolute atomic E-state index is 12.7. The van der Waals surface area contributed by atoms with Crippen molar-refractivity contribution in [2.45, 2.75) is 13.0 Å². The predicted molar refractivity (Wildman–Crippen MR) is 110 cm³/mol. The van der Waals surface area contributed by atoms with E-state index in [-0.39, 0.29) is 18.6 Å². The van der Waals surface area contributed by atoms with E-state index in [1.807, 2.05) is 37.3 Å². The highest BCUT2D eigenvalue weighted by Gasteiger charge is 2.16. The van der Waals surface area contributed by atoms with Crippen molar-refractivity contribution in [1.29, 1.82) is 0 Å². The summed E-state index contributed by atoms with van der Waals surface area (Å²) in [5.41, 5.74) is 1.75. The molecule has 3 aromatic rings. The van der Waals surface area contributed by atoms with E-state index >= 15 is 0 Å². The Balaban J connectivity index is 1.57. The van der Waals surface area contributed by atoms with E-state index in [2.05, 4.69) is 15.8 Å². The molecule has 0 spiro atoms. The first-order valence-corrected chi connectivity index (χ1v) is 9.07. The molecule has 0 bridgehead atoms. The number of amides is 2. The van der Waals surface area contributed by atoms with Gasteiger partial charge in [0, 0.05) is 0 Å². The van der Waals surface area contributed by atoms with Gasteiger partial charge < -0.3 is 19.9 Å². The number of anilines is 1. The van der Waals surface area contributed by atoms with Crippen LogP contribution < -0.4 is 10.6 Å². The molecule has 29 heavy (non-hydrogen) atoms. The van der Waals surface area contributed by atoms with Gasteiger partial charge in [-0.05, 0) is 36.8 Å². The van der Waals surface area contributed by atoms with Gasteiger partial charge in [0.15, 0.2) is 6.61 Å². The number of benzene rings is 2. The maximum Gasteiger partial charge on any atom is 0.265 e. The van der Waals surface area contributed by atoms with Crippen molar-refractivity contribution >= 4 is 23.7 Å². The lowest BCUT2D eigenvalue weighted by atomic mass is 10.1. The van der Waals surface area contributed by atoms with Crippen molar-refractivity contribution in [3.63, 3.8) is 0 Å². The number of para-hydroxylation sites is 1. The summed E-state index contributed by atoms with van der Waals surface area (Å²) in [4.78, 5) is 29.8. The second kappa shape index (κ2) is 9.89. The molecule has 3 rings (SSSR count). The van der Waals surface area contributed by atoms with Crippen LogP contribution in [0.25, 0.3) is 0 Å². The highest BCUT2D eigenvalue weighted by molar-refractivity contribution is 6.04. The summed E-state index contributed by atoms with van der Waals surface area (Å²) in [5, 5.41) is 9.28. The van der Waals surface area contributed by atoms with Gasteiger partial charge in [-0.15, -0.1) is 0 Å². The van der Waals surface area contributed by atoms with E-state index in [4.69, 9.17) is 9.25 Å². The van der Waals surface area contributed by atoms with Gasteiger partial charge in [0.25, 0.3) is 11.8 Å². The molecule has 0 fully saturated rings. The molecule has 2 N–H and O–H groups in total. The van der Waals surface area contributed by atoms with Gasteiger partial charge in [-0.25, -0.2) is 0 Å². The standard InChI is InChI=1S/C22H21N3O4/c1-16(17-8-3-2-4-9-17)24-22(27)19-11-5-6-12-20(19)25-21(26)15-29-23-14-18-10-7-13-28-18/h2-14,16H,15H2,1H3,(H,24,27)(H,25,26). The first-order valence-electron chi connectivity index (χ1n) is 9.07. The Morgan fingerprint density at radius 1 is 1.07 bits per heavy atom. The van der Waals surface area contributed by atoms with Crippen molar-refractivity contribution in [3.8, 4) is 0 Å². The summed E-state index contributed by atoms with van der Waals surface area (Å²) in [6.07, 6.45) is 2.87. The Labute approximate surface area is 168 Å². The third kappa shape index (κ3) is 5.80. The fourth-order valence-corrected chi connectivity index (χ4v) is 2.63. The van der Waals surface area contributed by atoms with E-state index in [1.165, 1.54) is 12.5 Å². The molecule has 1 heterocycles. The van der Waals surface area contributed by atoms with Gasteiger partial charge in [-0.1, -0.05) is 47.6 Å². The quantitative estimate of drug-likeness (QED) is 0.452. The number of oxime groups is 1. The van der Waals surface area contributed by atoms with Crippen molar-refractivity contribution in [3.05, 3.63) is 89.9 Å². The molecule has 1 aromatic heterocycles. The number of hydrogen-bond donors (Lipinski definition) is 2. The fourth-order valence-electron chi connectivity index (χ4n) is 2.63. The molecule has 148 valence electrons. The first kappa shape index (κ1) is 19.9. The molecule has 7 nitrogen and oxygen atoms in total. The van der Waals surface area contributed by atoms with E-state index in [0.29, 0.717) is 17.0 Å². The molecule has 7 heteroatoms. The number of carbonyl (C=O) groups excluding carboxylic acids is 2. The highest BCUT2D eigenvalue weighted by atomic mass is 16.6. The monoisotopic (exact) mass is 391 g/mol. The van der Waals surface area contributed by atoms with Crippen LogP contribution in [-0.4, -0.2) is 24.6 Å². The van der Waals surface area contributed by atoms with E-state index in [9.17, 15) is 9.59 Å². The second-order valence-electron chi connectivity index (χ2n) is 6.22. The zero-order valence-corrected chi connectivity index (χ0v) is 15.9. The van der Waals surface area contributed by atoms with Gasteiger partial charge in [0.05, 0.1) is 23.6 Å². The molecule has 0 radical (unpaired) electrons. The van der Waals surface area contributed by atoms with E-state index in [0.717, 1.165) is 5.56 Å². The molecular weight excluding hydrogens is 370 g/mol. The van der Waals surface area contributed by atoms with Crippen LogP contribution in [0.15, 0.2) is 82.6 Å². The lowest BCUT2D eigenvalue weighted by Crippen LogP contribution is -2.28. The van der Waals surface area contributed by atoms with Crippen molar-refractivity contribution < 1.29 is 18.8 Å². The zero-order chi connectivity index (χ0) is 20.5. The average Bonchev–Trinajstić information content (AvgIpc) is 3.26. The normalized spacial score (nSPS) is 11.8. The Kier molecular flexibility index (Phi) is 6.78. The SMILES string of the molecule is CC(NC(=O)c1ccccc1NC(=O)CON=Cc1ccco1)c1ccccc1. The Morgan fingerprint density at radius 2 is 1.83 bits per heavy atom. The lowest BCUT2D eigenvalue weighted by Gasteiger charge is -2.16. The summed E-state index contributed by atoms with van der Waals surface area (Å²) < 4.78 is 5.07. The van der Waals surface area contributed by atoms with Crippen LogP contribution in [0.2, 0.25) is 0 Å². The highest BCUT2D eigenvalue weighted by Crippen LogP contribution is 2.18. The van der Waals surface area contributed by atoms with Gasteiger partial charge in [-0.2, -0.15) is 0 Å². The fraction of sp³-hybridized carbons (Fsp3) is 0.136. The molecule has 0 aliphatic rings.